The van der Waals surface area contributed by atoms with Gasteiger partial charge in [0.1, 0.15) is 11.5 Å². The molecule has 0 aliphatic heterocycles. The van der Waals surface area contributed by atoms with Crippen LogP contribution < -0.4 is 4.74 Å². The van der Waals surface area contributed by atoms with Crippen molar-refractivity contribution in [1.29, 1.82) is 5.26 Å². The third-order valence-corrected chi connectivity index (χ3v) is 3.49. The molecule has 0 aliphatic carbocycles. The molecule has 0 fully saturated rings. The molecule has 0 spiro atoms. The molecule has 19 heavy (non-hydrogen) atoms. The molecule has 2 atom stereocenters. The Hall–Kier alpha value is -1.82. The van der Waals surface area contributed by atoms with Gasteiger partial charge in [0, 0.05) is 6.42 Å². The van der Waals surface area contributed by atoms with E-state index in [9.17, 15) is 4.79 Å². The number of nitrogens with zero attached hydrogens (tertiary/aromatic N) is 1. The van der Waals surface area contributed by atoms with Gasteiger partial charge < -0.3 is 4.74 Å². The number of hydrogen-bond acceptors (Lipinski definition) is 3. The lowest BCUT2D eigenvalue weighted by Crippen LogP contribution is -2.27. The molecule has 0 N–H and O–H groups in total. The van der Waals surface area contributed by atoms with Crippen LogP contribution >= 0.6 is 0 Å². The fourth-order valence-corrected chi connectivity index (χ4v) is 1.96. The maximum absolute atomic E-state index is 11.9. The third kappa shape index (κ3) is 4.40. The molecule has 3 nitrogen and oxygen atoms in total. The molecule has 0 bridgehead atoms. The fraction of sp³-hybridized carbons (Fsp3) is 0.500. The minimum atomic E-state index is -0.0688. The molecule has 0 heterocycles. The van der Waals surface area contributed by atoms with Gasteiger partial charge in [0.05, 0.1) is 24.2 Å². The second-order valence-electron chi connectivity index (χ2n) is 4.76. The van der Waals surface area contributed by atoms with E-state index in [0.717, 1.165) is 6.42 Å². The van der Waals surface area contributed by atoms with Crippen molar-refractivity contribution < 1.29 is 9.53 Å². The summed E-state index contributed by atoms with van der Waals surface area (Å²) in [5.41, 5.74) is 0.569. The molecule has 0 saturated carbocycles. The molecule has 1 aromatic carbocycles. The van der Waals surface area contributed by atoms with Crippen molar-refractivity contribution in [3.63, 3.8) is 0 Å². The highest BCUT2D eigenvalue weighted by molar-refractivity contribution is 5.81. The van der Waals surface area contributed by atoms with Crippen molar-refractivity contribution in [2.45, 2.75) is 33.6 Å². The van der Waals surface area contributed by atoms with Gasteiger partial charge in [0.2, 0.25) is 0 Å². The zero-order valence-corrected chi connectivity index (χ0v) is 11.8. The molecular weight excluding hydrogens is 238 g/mol. The van der Waals surface area contributed by atoms with E-state index >= 15 is 0 Å². The first-order valence-corrected chi connectivity index (χ1v) is 6.78. The zero-order valence-electron chi connectivity index (χ0n) is 11.8. The van der Waals surface area contributed by atoms with E-state index in [4.69, 9.17) is 10.00 Å². The van der Waals surface area contributed by atoms with Crippen LogP contribution in [0.15, 0.2) is 24.3 Å². The Morgan fingerprint density at radius 2 is 2.16 bits per heavy atom. The number of hydrogen-bond donors (Lipinski definition) is 0. The lowest BCUT2D eigenvalue weighted by Gasteiger charge is -2.21. The van der Waals surface area contributed by atoms with Gasteiger partial charge in [0.15, 0.2) is 0 Å². The summed E-state index contributed by atoms with van der Waals surface area (Å²) in [5.74, 6) is 1.13. The summed E-state index contributed by atoms with van der Waals surface area (Å²) in [4.78, 5) is 11.9. The quantitative estimate of drug-likeness (QED) is 0.752. The van der Waals surface area contributed by atoms with Crippen molar-refractivity contribution in [1.82, 2.24) is 0 Å². The summed E-state index contributed by atoms with van der Waals surface area (Å²) in [6.45, 7) is 6.43. The molecule has 0 aliphatic rings. The standard InChI is InChI=1S/C16H21NO2/c1-4-12(3)15(16(18)5-2)11-19-14-8-6-7-13(9-14)10-17/h6-9,12,15H,4-5,11H2,1-3H3. The molecule has 0 saturated heterocycles. The Labute approximate surface area is 115 Å². The molecule has 0 radical (unpaired) electrons. The number of nitriles is 1. The number of ether oxygens (including phenoxy) is 1. The molecule has 3 heteroatoms. The maximum Gasteiger partial charge on any atom is 0.139 e. The molecule has 0 aromatic heterocycles. The van der Waals surface area contributed by atoms with E-state index < -0.39 is 0 Å². The Morgan fingerprint density at radius 3 is 2.74 bits per heavy atom. The summed E-state index contributed by atoms with van der Waals surface area (Å²) < 4.78 is 5.68. The number of carbonyl (C=O) groups is 1. The van der Waals surface area contributed by atoms with Crippen molar-refractivity contribution >= 4 is 5.78 Å². The summed E-state index contributed by atoms with van der Waals surface area (Å²) in [5, 5.41) is 8.83. The molecule has 0 amide bonds. The predicted molar refractivity (Wildman–Crippen MR) is 74.9 cm³/mol. The van der Waals surface area contributed by atoms with Crippen LogP contribution in [-0.4, -0.2) is 12.4 Å². The summed E-state index contributed by atoms with van der Waals surface area (Å²) in [6.07, 6.45) is 1.49. The Morgan fingerprint density at radius 1 is 1.42 bits per heavy atom. The Bertz CT molecular complexity index is 462. The van der Waals surface area contributed by atoms with E-state index in [2.05, 4.69) is 19.9 Å². The molecule has 1 aromatic rings. The van der Waals surface area contributed by atoms with Gasteiger partial charge in [-0.05, 0) is 24.1 Å². The summed E-state index contributed by atoms with van der Waals surface area (Å²) in [6, 6.07) is 9.10. The normalized spacial score (nSPS) is 13.4. The second kappa shape index (κ2) is 7.58. The van der Waals surface area contributed by atoms with Crippen molar-refractivity contribution in [2.75, 3.05) is 6.61 Å². The monoisotopic (exact) mass is 259 g/mol. The second-order valence-corrected chi connectivity index (χ2v) is 4.76. The molecule has 102 valence electrons. The van der Waals surface area contributed by atoms with E-state index in [-0.39, 0.29) is 11.7 Å². The SMILES string of the molecule is CCC(=O)C(COc1cccc(C#N)c1)C(C)CC. The van der Waals surface area contributed by atoms with E-state index in [1.54, 1.807) is 18.2 Å². The van der Waals surface area contributed by atoms with Crippen LogP contribution in [-0.2, 0) is 4.79 Å². The van der Waals surface area contributed by atoms with Gasteiger partial charge >= 0.3 is 0 Å². The number of carbonyl (C=O) groups excluding carboxylic acids is 1. The first-order valence-electron chi connectivity index (χ1n) is 6.78. The van der Waals surface area contributed by atoms with Crippen LogP contribution in [0.3, 0.4) is 0 Å². The number of rotatable bonds is 7. The molecule has 1 rings (SSSR count). The average molecular weight is 259 g/mol. The first-order chi connectivity index (χ1) is 9.12. The van der Waals surface area contributed by atoms with Gasteiger partial charge in [-0.1, -0.05) is 33.3 Å². The maximum atomic E-state index is 11.9. The lowest BCUT2D eigenvalue weighted by molar-refractivity contribution is -0.125. The molecule has 2 unspecified atom stereocenters. The fourth-order valence-electron chi connectivity index (χ4n) is 1.96. The minimum absolute atomic E-state index is 0.0688. The van der Waals surface area contributed by atoms with Crippen molar-refractivity contribution in [2.24, 2.45) is 11.8 Å². The number of benzene rings is 1. The van der Waals surface area contributed by atoms with Gasteiger partial charge in [-0.2, -0.15) is 5.26 Å². The zero-order chi connectivity index (χ0) is 14.3. The highest BCUT2D eigenvalue weighted by atomic mass is 16.5. The van der Waals surface area contributed by atoms with Crippen LogP contribution in [0.4, 0.5) is 0 Å². The lowest BCUT2D eigenvalue weighted by atomic mass is 9.88. The summed E-state index contributed by atoms with van der Waals surface area (Å²) >= 11 is 0. The minimum Gasteiger partial charge on any atom is -0.493 e. The van der Waals surface area contributed by atoms with Crippen LogP contribution in [0.1, 0.15) is 39.2 Å². The van der Waals surface area contributed by atoms with E-state index in [1.807, 2.05) is 13.0 Å². The van der Waals surface area contributed by atoms with Crippen LogP contribution in [0.5, 0.6) is 5.75 Å². The van der Waals surface area contributed by atoms with Crippen LogP contribution in [0.2, 0.25) is 0 Å². The van der Waals surface area contributed by atoms with E-state index in [0.29, 0.717) is 30.3 Å². The first kappa shape index (κ1) is 15.2. The van der Waals surface area contributed by atoms with Gasteiger partial charge in [-0.25, -0.2) is 0 Å². The van der Waals surface area contributed by atoms with E-state index in [1.165, 1.54) is 0 Å². The smallest absolute Gasteiger partial charge is 0.139 e. The van der Waals surface area contributed by atoms with Crippen LogP contribution in [0.25, 0.3) is 0 Å². The van der Waals surface area contributed by atoms with Gasteiger partial charge in [-0.3, -0.25) is 4.79 Å². The average Bonchev–Trinajstić information content (AvgIpc) is 2.46. The largest absolute Gasteiger partial charge is 0.493 e. The molecular formula is C16H21NO2. The number of ketones is 1. The predicted octanol–water partition coefficient (Wildman–Crippen LogP) is 3.58. The summed E-state index contributed by atoms with van der Waals surface area (Å²) in [7, 11) is 0. The highest BCUT2D eigenvalue weighted by Gasteiger charge is 2.23. The highest BCUT2D eigenvalue weighted by Crippen LogP contribution is 2.20. The third-order valence-electron chi connectivity index (χ3n) is 3.49. The Kier molecular flexibility index (Phi) is 6.08. The van der Waals surface area contributed by atoms with Crippen molar-refractivity contribution in [3.05, 3.63) is 29.8 Å². The number of Topliss-reactive ketones (excluding diaryl/α,β-unsaturated/α-hetero) is 1. The van der Waals surface area contributed by atoms with Crippen LogP contribution in [0, 0.1) is 23.2 Å². The topological polar surface area (TPSA) is 50.1 Å². The van der Waals surface area contributed by atoms with Gasteiger partial charge in [0.25, 0.3) is 0 Å². The van der Waals surface area contributed by atoms with Gasteiger partial charge in [-0.15, -0.1) is 0 Å². The van der Waals surface area contributed by atoms with Crippen molar-refractivity contribution in [3.8, 4) is 11.8 Å². The Balaban J connectivity index is 2.70.